The number of nitrogens with one attached hydrogen (secondary N) is 1. The molecule has 0 amide bonds. The van der Waals surface area contributed by atoms with E-state index in [1.165, 1.54) is 5.56 Å². The number of aromatic nitrogens is 3. The second-order valence-electron chi connectivity index (χ2n) is 4.91. The van der Waals surface area contributed by atoms with Crippen LogP contribution in [0.1, 0.15) is 31.7 Å². The van der Waals surface area contributed by atoms with Gasteiger partial charge in [0.2, 0.25) is 0 Å². The van der Waals surface area contributed by atoms with Crippen molar-refractivity contribution in [1.29, 1.82) is 0 Å². The van der Waals surface area contributed by atoms with E-state index in [1.807, 2.05) is 6.07 Å². The first-order valence-electron chi connectivity index (χ1n) is 6.68. The molecule has 0 bridgehead atoms. The van der Waals surface area contributed by atoms with Crippen molar-refractivity contribution < 1.29 is 0 Å². The van der Waals surface area contributed by atoms with Crippen molar-refractivity contribution in [2.45, 2.75) is 26.2 Å². The maximum atomic E-state index is 4.58. The van der Waals surface area contributed by atoms with Gasteiger partial charge in [0.1, 0.15) is 5.82 Å². The van der Waals surface area contributed by atoms with Gasteiger partial charge >= 0.3 is 0 Å². The standard InChI is InChI=1S/C16H17N3/c1-3-11(2)12-4-6-13(7-5-12)16-18-14-8-9-17-10-15(14)19-16/h4-11H,3H2,1-2H3,(H,18,19). The Morgan fingerprint density at radius 1 is 1.16 bits per heavy atom. The number of imidazole rings is 1. The second-order valence-corrected chi connectivity index (χ2v) is 4.91. The van der Waals surface area contributed by atoms with E-state index in [1.54, 1.807) is 12.4 Å². The Bertz CT molecular complexity index is 650. The molecule has 3 aromatic rings. The number of rotatable bonds is 3. The molecule has 3 rings (SSSR count). The van der Waals surface area contributed by atoms with E-state index >= 15 is 0 Å². The molecule has 0 aliphatic carbocycles. The third-order valence-electron chi connectivity index (χ3n) is 3.65. The van der Waals surface area contributed by atoms with Crippen molar-refractivity contribution in [2.75, 3.05) is 0 Å². The fraction of sp³-hybridized carbons (Fsp3) is 0.250. The number of fused-ring (bicyclic) bond motifs is 1. The van der Waals surface area contributed by atoms with Crippen molar-refractivity contribution >= 4 is 11.0 Å². The Morgan fingerprint density at radius 3 is 2.63 bits per heavy atom. The number of aromatic amines is 1. The Morgan fingerprint density at radius 2 is 1.95 bits per heavy atom. The summed E-state index contributed by atoms with van der Waals surface area (Å²) in [6, 6.07) is 10.6. The van der Waals surface area contributed by atoms with Crippen molar-refractivity contribution in [3.05, 3.63) is 48.3 Å². The molecule has 96 valence electrons. The van der Waals surface area contributed by atoms with Crippen molar-refractivity contribution in [2.24, 2.45) is 0 Å². The predicted octanol–water partition coefficient (Wildman–Crippen LogP) is 4.14. The third-order valence-corrected chi connectivity index (χ3v) is 3.65. The van der Waals surface area contributed by atoms with E-state index in [0.717, 1.165) is 28.8 Å². The molecule has 19 heavy (non-hydrogen) atoms. The minimum absolute atomic E-state index is 0.605. The summed E-state index contributed by atoms with van der Waals surface area (Å²) < 4.78 is 0. The number of hydrogen-bond acceptors (Lipinski definition) is 2. The van der Waals surface area contributed by atoms with Gasteiger partial charge in [0.15, 0.2) is 0 Å². The van der Waals surface area contributed by atoms with Gasteiger partial charge < -0.3 is 4.98 Å². The summed E-state index contributed by atoms with van der Waals surface area (Å²) in [5.41, 5.74) is 4.42. The number of nitrogens with zero attached hydrogens (tertiary/aromatic N) is 2. The highest BCUT2D eigenvalue weighted by atomic mass is 14.9. The van der Waals surface area contributed by atoms with Crippen LogP contribution in [0.25, 0.3) is 22.4 Å². The highest BCUT2D eigenvalue weighted by molar-refractivity contribution is 5.78. The average Bonchev–Trinajstić information content (AvgIpc) is 2.90. The van der Waals surface area contributed by atoms with E-state index in [-0.39, 0.29) is 0 Å². The van der Waals surface area contributed by atoms with Crippen LogP contribution < -0.4 is 0 Å². The molecular formula is C16H17N3. The zero-order chi connectivity index (χ0) is 13.2. The van der Waals surface area contributed by atoms with Crippen LogP contribution in [0.2, 0.25) is 0 Å². The maximum Gasteiger partial charge on any atom is 0.138 e. The van der Waals surface area contributed by atoms with Crippen LogP contribution in [0.5, 0.6) is 0 Å². The zero-order valence-corrected chi connectivity index (χ0v) is 11.2. The lowest BCUT2D eigenvalue weighted by molar-refractivity contribution is 0.734. The van der Waals surface area contributed by atoms with Gasteiger partial charge in [0.05, 0.1) is 17.2 Å². The van der Waals surface area contributed by atoms with Gasteiger partial charge in [-0.1, -0.05) is 38.1 Å². The summed E-state index contributed by atoms with van der Waals surface area (Å²) in [4.78, 5) is 12.0. The van der Waals surface area contributed by atoms with Gasteiger partial charge in [-0.15, -0.1) is 0 Å². The summed E-state index contributed by atoms with van der Waals surface area (Å²) in [5.74, 6) is 1.51. The molecule has 2 aromatic heterocycles. The molecule has 1 atom stereocenters. The number of H-pyrrole nitrogens is 1. The number of benzene rings is 1. The highest BCUT2D eigenvalue weighted by Gasteiger charge is 2.06. The Labute approximate surface area is 112 Å². The topological polar surface area (TPSA) is 41.6 Å². The van der Waals surface area contributed by atoms with Crippen LogP contribution in [-0.4, -0.2) is 15.0 Å². The summed E-state index contributed by atoms with van der Waals surface area (Å²) in [6.07, 6.45) is 4.73. The average molecular weight is 251 g/mol. The summed E-state index contributed by atoms with van der Waals surface area (Å²) in [5, 5.41) is 0. The maximum absolute atomic E-state index is 4.58. The lowest BCUT2D eigenvalue weighted by Crippen LogP contribution is -1.91. The van der Waals surface area contributed by atoms with Crippen LogP contribution in [0.4, 0.5) is 0 Å². The van der Waals surface area contributed by atoms with Crippen LogP contribution in [0.3, 0.4) is 0 Å². The summed E-state index contributed by atoms with van der Waals surface area (Å²) in [7, 11) is 0. The summed E-state index contributed by atoms with van der Waals surface area (Å²) >= 11 is 0. The molecule has 0 fully saturated rings. The molecule has 0 saturated carbocycles. The van der Waals surface area contributed by atoms with Crippen molar-refractivity contribution in [3.8, 4) is 11.4 Å². The highest BCUT2D eigenvalue weighted by Crippen LogP contribution is 2.24. The van der Waals surface area contributed by atoms with Crippen LogP contribution in [-0.2, 0) is 0 Å². The molecule has 1 N–H and O–H groups in total. The fourth-order valence-electron chi connectivity index (χ4n) is 2.20. The Kier molecular flexibility index (Phi) is 3.03. The van der Waals surface area contributed by atoms with Crippen molar-refractivity contribution in [3.63, 3.8) is 0 Å². The van der Waals surface area contributed by atoms with Gasteiger partial charge in [-0.05, 0) is 24.0 Å². The molecule has 0 radical (unpaired) electrons. The molecule has 1 aromatic carbocycles. The van der Waals surface area contributed by atoms with E-state index in [2.05, 4.69) is 53.1 Å². The van der Waals surface area contributed by atoms with Crippen LogP contribution in [0, 0.1) is 0 Å². The third kappa shape index (κ3) is 2.24. The number of hydrogen-bond donors (Lipinski definition) is 1. The van der Waals surface area contributed by atoms with Gasteiger partial charge in [0.25, 0.3) is 0 Å². The smallest absolute Gasteiger partial charge is 0.138 e. The van der Waals surface area contributed by atoms with E-state index in [9.17, 15) is 0 Å². The van der Waals surface area contributed by atoms with Gasteiger partial charge in [-0.25, -0.2) is 4.98 Å². The SMILES string of the molecule is CCC(C)c1ccc(-c2nc3ccncc3[nH]2)cc1. The van der Waals surface area contributed by atoms with E-state index in [4.69, 9.17) is 0 Å². The number of pyridine rings is 1. The lowest BCUT2D eigenvalue weighted by atomic mass is 9.97. The first kappa shape index (κ1) is 11.9. The normalized spacial score (nSPS) is 12.7. The molecule has 0 aliphatic rings. The van der Waals surface area contributed by atoms with Gasteiger partial charge in [-0.3, -0.25) is 4.98 Å². The second kappa shape index (κ2) is 4.84. The molecule has 2 heterocycles. The molecule has 0 saturated heterocycles. The first-order chi connectivity index (χ1) is 9.28. The quantitative estimate of drug-likeness (QED) is 0.760. The fourth-order valence-corrected chi connectivity index (χ4v) is 2.20. The predicted molar refractivity (Wildman–Crippen MR) is 78.0 cm³/mol. The monoisotopic (exact) mass is 251 g/mol. The van der Waals surface area contributed by atoms with Gasteiger partial charge in [-0.2, -0.15) is 0 Å². The zero-order valence-electron chi connectivity index (χ0n) is 11.2. The Balaban J connectivity index is 1.97. The van der Waals surface area contributed by atoms with E-state index < -0.39 is 0 Å². The van der Waals surface area contributed by atoms with Gasteiger partial charge in [0, 0.05) is 11.8 Å². The summed E-state index contributed by atoms with van der Waals surface area (Å²) in [6.45, 7) is 4.46. The molecule has 0 spiro atoms. The Hall–Kier alpha value is -2.16. The minimum Gasteiger partial charge on any atom is -0.337 e. The van der Waals surface area contributed by atoms with Crippen LogP contribution >= 0.6 is 0 Å². The largest absolute Gasteiger partial charge is 0.337 e. The molecular weight excluding hydrogens is 234 g/mol. The first-order valence-corrected chi connectivity index (χ1v) is 6.68. The molecule has 3 heteroatoms. The molecule has 3 nitrogen and oxygen atoms in total. The van der Waals surface area contributed by atoms with Crippen LogP contribution in [0.15, 0.2) is 42.7 Å². The lowest BCUT2D eigenvalue weighted by Gasteiger charge is -2.08. The minimum atomic E-state index is 0.605. The van der Waals surface area contributed by atoms with Crippen molar-refractivity contribution in [1.82, 2.24) is 15.0 Å². The van der Waals surface area contributed by atoms with E-state index in [0.29, 0.717) is 5.92 Å². The molecule has 1 unspecified atom stereocenters. The molecule has 0 aliphatic heterocycles.